The molecule has 152 valence electrons. The zero-order valence-electron chi connectivity index (χ0n) is 17.1. The molecule has 0 radical (unpaired) electrons. The first-order chi connectivity index (χ1) is 13.8. The lowest BCUT2D eigenvalue weighted by atomic mass is 9.94. The fourth-order valence-electron chi connectivity index (χ4n) is 3.19. The second kappa shape index (κ2) is 8.82. The monoisotopic (exact) mass is 394 g/mol. The Hall–Kier alpha value is -3.28. The molecule has 2 aromatic carbocycles. The largest absolute Gasteiger partial charge is 0.491 e. The Morgan fingerprint density at radius 3 is 2.45 bits per heavy atom. The first-order valence-corrected chi connectivity index (χ1v) is 9.61. The highest BCUT2D eigenvalue weighted by Crippen LogP contribution is 2.34. The van der Waals surface area contributed by atoms with Gasteiger partial charge in [0.25, 0.3) is 0 Å². The van der Waals surface area contributed by atoms with Crippen LogP contribution in [0.1, 0.15) is 43.5 Å². The van der Waals surface area contributed by atoms with Gasteiger partial charge in [0.15, 0.2) is 0 Å². The molecule has 1 heterocycles. The quantitative estimate of drug-likeness (QED) is 0.722. The van der Waals surface area contributed by atoms with Crippen molar-refractivity contribution in [2.24, 2.45) is 0 Å². The van der Waals surface area contributed by atoms with Crippen molar-refractivity contribution in [1.29, 1.82) is 0 Å². The molecule has 0 spiro atoms. The highest BCUT2D eigenvalue weighted by atomic mass is 16.5. The average molecular weight is 394 g/mol. The van der Waals surface area contributed by atoms with Gasteiger partial charge >= 0.3 is 12.0 Å². The number of hydrogen-bond donors (Lipinski definition) is 2. The van der Waals surface area contributed by atoms with Crippen LogP contribution in [0.3, 0.4) is 0 Å². The number of esters is 1. The number of carbonyl (C=O) groups excluding carboxylic acids is 2. The van der Waals surface area contributed by atoms with E-state index in [4.69, 9.17) is 9.47 Å². The van der Waals surface area contributed by atoms with Gasteiger partial charge in [0.1, 0.15) is 12.4 Å². The Kier molecular flexibility index (Phi) is 6.22. The number of aryl methyl sites for hydroxylation is 1. The number of rotatable bonds is 6. The predicted molar refractivity (Wildman–Crippen MR) is 110 cm³/mol. The first kappa shape index (κ1) is 20.5. The lowest BCUT2D eigenvalue weighted by Crippen LogP contribution is -2.45. The zero-order valence-corrected chi connectivity index (χ0v) is 17.1. The summed E-state index contributed by atoms with van der Waals surface area (Å²) in [4.78, 5) is 25.1. The van der Waals surface area contributed by atoms with Crippen LogP contribution in [0.5, 0.6) is 5.75 Å². The average Bonchev–Trinajstić information content (AvgIpc) is 2.66. The molecular weight excluding hydrogens is 368 g/mol. The summed E-state index contributed by atoms with van der Waals surface area (Å²) in [5.74, 6) is 0.131. The molecule has 2 aromatic rings. The number of ether oxygens (including phenoxy) is 2. The summed E-state index contributed by atoms with van der Waals surface area (Å²) in [5.41, 5.74) is 3.57. The van der Waals surface area contributed by atoms with Gasteiger partial charge in [-0.3, -0.25) is 0 Å². The third kappa shape index (κ3) is 4.96. The molecule has 0 saturated heterocycles. The number of carbonyl (C=O) groups is 2. The molecular formula is C23H26N2O4. The van der Waals surface area contributed by atoms with Crippen molar-refractivity contribution in [2.75, 3.05) is 0 Å². The molecule has 0 aromatic heterocycles. The number of hydrogen-bond acceptors (Lipinski definition) is 4. The van der Waals surface area contributed by atoms with Crippen LogP contribution < -0.4 is 15.4 Å². The Balaban J connectivity index is 1.88. The van der Waals surface area contributed by atoms with Crippen molar-refractivity contribution in [2.45, 2.75) is 46.4 Å². The maximum atomic E-state index is 13.0. The minimum Gasteiger partial charge on any atom is -0.491 e. The summed E-state index contributed by atoms with van der Waals surface area (Å²) in [6, 6.07) is 14.1. The molecule has 6 nitrogen and oxygen atoms in total. The molecule has 1 atom stereocenters. The molecule has 29 heavy (non-hydrogen) atoms. The van der Waals surface area contributed by atoms with Crippen LogP contribution in [-0.4, -0.2) is 18.1 Å². The van der Waals surface area contributed by atoms with E-state index in [1.807, 2.05) is 69.3 Å². The van der Waals surface area contributed by atoms with E-state index in [9.17, 15) is 9.59 Å². The molecule has 0 saturated carbocycles. The fraction of sp³-hybridized carbons (Fsp3) is 0.304. The topological polar surface area (TPSA) is 76.7 Å². The van der Waals surface area contributed by atoms with Crippen LogP contribution >= 0.6 is 0 Å². The van der Waals surface area contributed by atoms with Gasteiger partial charge in [0.2, 0.25) is 0 Å². The second-order valence-electron chi connectivity index (χ2n) is 7.34. The summed E-state index contributed by atoms with van der Waals surface area (Å²) in [5, 5.41) is 5.49. The Morgan fingerprint density at radius 2 is 1.76 bits per heavy atom. The van der Waals surface area contributed by atoms with Crippen molar-refractivity contribution >= 4 is 12.0 Å². The number of nitrogens with one attached hydrogen (secondary N) is 2. The SMILES string of the molecule is CC1=C(C(=O)OCc2ccc(C)cc2)[C@@H](c2ccccc2OC(C)C)NC(=O)N1. The number of urea groups is 1. The highest BCUT2D eigenvalue weighted by Gasteiger charge is 2.34. The van der Waals surface area contributed by atoms with Crippen LogP contribution in [0, 0.1) is 6.92 Å². The standard InChI is InChI=1S/C23H26N2O4/c1-14(2)29-19-8-6-5-7-18(19)21-20(16(4)24-23(27)25-21)22(26)28-13-17-11-9-15(3)10-12-17/h5-12,14,21H,13H2,1-4H3,(H2,24,25,27)/t21-/m1/s1. The maximum absolute atomic E-state index is 13.0. The summed E-state index contributed by atoms with van der Waals surface area (Å²) < 4.78 is 11.4. The minimum atomic E-state index is -0.663. The molecule has 1 aliphatic rings. The van der Waals surface area contributed by atoms with E-state index in [0.29, 0.717) is 22.6 Å². The van der Waals surface area contributed by atoms with Gasteiger partial charge in [0.05, 0.1) is 17.7 Å². The molecule has 3 rings (SSSR count). The van der Waals surface area contributed by atoms with Crippen LogP contribution in [0.4, 0.5) is 4.79 Å². The van der Waals surface area contributed by atoms with Crippen molar-refractivity contribution in [3.8, 4) is 5.75 Å². The Labute approximate surface area is 170 Å². The van der Waals surface area contributed by atoms with Gasteiger partial charge in [-0.25, -0.2) is 9.59 Å². The molecule has 0 aliphatic carbocycles. The molecule has 0 bridgehead atoms. The van der Waals surface area contributed by atoms with Gasteiger partial charge in [0, 0.05) is 11.3 Å². The molecule has 0 fully saturated rings. The van der Waals surface area contributed by atoms with Gasteiger partial charge in [-0.15, -0.1) is 0 Å². The third-order valence-electron chi connectivity index (χ3n) is 4.57. The highest BCUT2D eigenvalue weighted by molar-refractivity contribution is 5.95. The van der Waals surface area contributed by atoms with E-state index in [1.54, 1.807) is 6.92 Å². The van der Waals surface area contributed by atoms with Crippen molar-refractivity contribution in [3.63, 3.8) is 0 Å². The van der Waals surface area contributed by atoms with Gasteiger partial charge in [-0.05, 0) is 39.3 Å². The van der Waals surface area contributed by atoms with Gasteiger partial charge < -0.3 is 20.1 Å². The zero-order chi connectivity index (χ0) is 21.0. The van der Waals surface area contributed by atoms with Crippen LogP contribution in [0.2, 0.25) is 0 Å². The van der Waals surface area contributed by atoms with Crippen molar-refractivity contribution < 1.29 is 19.1 Å². The van der Waals surface area contributed by atoms with E-state index < -0.39 is 12.0 Å². The fourth-order valence-corrected chi connectivity index (χ4v) is 3.19. The third-order valence-corrected chi connectivity index (χ3v) is 4.57. The number of amides is 2. The summed E-state index contributed by atoms with van der Waals surface area (Å²) in [7, 11) is 0. The van der Waals surface area contributed by atoms with E-state index in [1.165, 1.54) is 0 Å². The normalized spacial score (nSPS) is 16.3. The van der Waals surface area contributed by atoms with E-state index >= 15 is 0 Å². The summed E-state index contributed by atoms with van der Waals surface area (Å²) in [6.07, 6.45) is -0.0458. The number of benzene rings is 2. The van der Waals surface area contributed by atoms with Gasteiger partial charge in [-0.1, -0.05) is 48.0 Å². The Morgan fingerprint density at radius 1 is 1.07 bits per heavy atom. The van der Waals surface area contributed by atoms with Crippen LogP contribution in [-0.2, 0) is 16.1 Å². The smallest absolute Gasteiger partial charge is 0.338 e. The number of para-hydroxylation sites is 1. The van der Waals surface area contributed by atoms with Crippen LogP contribution in [0.25, 0.3) is 0 Å². The van der Waals surface area contributed by atoms with Crippen LogP contribution in [0.15, 0.2) is 59.8 Å². The van der Waals surface area contributed by atoms with Gasteiger partial charge in [-0.2, -0.15) is 0 Å². The van der Waals surface area contributed by atoms with E-state index in [0.717, 1.165) is 11.1 Å². The predicted octanol–water partition coefficient (Wildman–Crippen LogP) is 4.15. The molecule has 6 heteroatoms. The molecule has 1 aliphatic heterocycles. The van der Waals surface area contributed by atoms with E-state index in [-0.39, 0.29) is 18.7 Å². The van der Waals surface area contributed by atoms with Crippen molar-refractivity contribution in [1.82, 2.24) is 10.6 Å². The molecule has 2 N–H and O–H groups in total. The lowest BCUT2D eigenvalue weighted by molar-refractivity contribution is -0.140. The first-order valence-electron chi connectivity index (χ1n) is 9.61. The summed E-state index contributed by atoms with van der Waals surface area (Å²) >= 11 is 0. The van der Waals surface area contributed by atoms with Crippen molar-refractivity contribution in [3.05, 3.63) is 76.5 Å². The summed E-state index contributed by atoms with van der Waals surface area (Å²) in [6.45, 7) is 7.70. The Bertz CT molecular complexity index is 932. The minimum absolute atomic E-state index is 0.0458. The maximum Gasteiger partial charge on any atom is 0.338 e. The lowest BCUT2D eigenvalue weighted by Gasteiger charge is -2.29. The molecule has 0 unspecified atom stereocenters. The second-order valence-corrected chi connectivity index (χ2v) is 7.34. The van der Waals surface area contributed by atoms with E-state index in [2.05, 4.69) is 10.6 Å². The molecule has 2 amide bonds. The number of allylic oxidation sites excluding steroid dienone is 1.